The fourth-order valence-corrected chi connectivity index (χ4v) is 3.59. The van der Waals surface area contributed by atoms with Gasteiger partial charge in [0.2, 0.25) is 15.5 Å². The highest BCUT2D eigenvalue weighted by atomic mass is 35.5. The third kappa shape index (κ3) is 3.34. The Balaban J connectivity index is 2.40. The monoisotopic (exact) mass is 326 g/mol. The van der Waals surface area contributed by atoms with Gasteiger partial charge in [0, 0.05) is 36.6 Å². The van der Waals surface area contributed by atoms with E-state index in [0.29, 0.717) is 10.6 Å². The molecule has 1 aromatic carbocycles. The minimum absolute atomic E-state index is 0.118. The zero-order chi connectivity index (χ0) is 15.5. The predicted molar refractivity (Wildman–Crippen MR) is 81.8 cm³/mol. The fourth-order valence-electron chi connectivity index (χ4n) is 1.92. The lowest BCUT2D eigenvalue weighted by atomic mass is 10.2. The first-order chi connectivity index (χ1) is 9.96. The molecule has 1 aromatic heterocycles. The van der Waals surface area contributed by atoms with Crippen molar-refractivity contribution < 1.29 is 8.42 Å². The molecule has 0 atom stereocenters. The lowest BCUT2D eigenvalue weighted by Crippen LogP contribution is -2.33. The Labute approximate surface area is 128 Å². The molecule has 2 rings (SSSR count). The van der Waals surface area contributed by atoms with Gasteiger partial charge in [0.05, 0.1) is 0 Å². The number of nitrogens with zero attached hydrogens (tertiary/aromatic N) is 1. The molecule has 0 aliphatic rings. The topological polar surface area (TPSA) is 70.2 Å². The maximum atomic E-state index is 12.6. The van der Waals surface area contributed by atoms with Crippen molar-refractivity contribution in [3.63, 3.8) is 0 Å². The number of benzene rings is 1. The van der Waals surface area contributed by atoms with Gasteiger partial charge in [-0.25, -0.2) is 8.42 Å². The molecule has 7 heteroatoms. The summed E-state index contributed by atoms with van der Waals surface area (Å²) in [6.45, 7) is 2.07. The largest absolute Gasteiger partial charge is 0.366 e. The zero-order valence-electron chi connectivity index (χ0n) is 11.4. The molecule has 0 saturated carbocycles. The van der Waals surface area contributed by atoms with E-state index in [9.17, 15) is 13.2 Å². The Bertz CT molecular complexity index is 787. The Morgan fingerprint density at radius 1 is 1.24 bits per heavy atom. The lowest BCUT2D eigenvalue weighted by Gasteiger charge is -2.20. The molecule has 0 bridgehead atoms. The molecular weight excluding hydrogens is 312 g/mol. The van der Waals surface area contributed by atoms with Gasteiger partial charge in [-0.3, -0.25) is 4.79 Å². The number of sulfonamides is 1. The molecule has 1 heterocycles. The van der Waals surface area contributed by atoms with Gasteiger partial charge >= 0.3 is 0 Å². The summed E-state index contributed by atoms with van der Waals surface area (Å²) in [5, 5.41) is 0.494. The molecule has 2 aromatic rings. The molecule has 0 unspecified atom stereocenters. The maximum absolute atomic E-state index is 12.6. The average molecular weight is 327 g/mol. The summed E-state index contributed by atoms with van der Waals surface area (Å²) in [5.74, 6) is 0. The minimum Gasteiger partial charge on any atom is -0.366 e. The highest BCUT2D eigenvalue weighted by Crippen LogP contribution is 2.20. The Kier molecular flexibility index (Phi) is 4.82. The van der Waals surface area contributed by atoms with Crippen LogP contribution >= 0.6 is 11.6 Å². The lowest BCUT2D eigenvalue weighted by molar-refractivity contribution is 0.423. The van der Waals surface area contributed by atoms with Crippen molar-refractivity contribution in [3.05, 3.63) is 63.5 Å². The molecule has 0 fully saturated rings. The van der Waals surface area contributed by atoms with Crippen LogP contribution in [-0.2, 0) is 16.6 Å². The quantitative estimate of drug-likeness (QED) is 0.916. The third-order valence-corrected chi connectivity index (χ3v) is 5.37. The van der Waals surface area contributed by atoms with Gasteiger partial charge in [-0.1, -0.05) is 36.7 Å². The van der Waals surface area contributed by atoms with Crippen LogP contribution in [-0.4, -0.2) is 24.3 Å². The molecule has 5 nitrogen and oxygen atoms in total. The van der Waals surface area contributed by atoms with Gasteiger partial charge in [-0.2, -0.15) is 4.31 Å². The summed E-state index contributed by atoms with van der Waals surface area (Å²) >= 11 is 6.06. The van der Waals surface area contributed by atoms with E-state index in [1.807, 2.05) is 0 Å². The van der Waals surface area contributed by atoms with Crippen molar-refractivity contribution >= 4 is 21.6 Å². The van der Waals surface area contributed by atoms with Crippen molar-refractivity contribution in [2.75, 3.05) is 6.54 Å². The predicted octanol–water partition coefficient (Wildman–Crippen LogP) is 2.24. The molecule has 0 saturated heterocycles. The normalized spacial score (nSPS) is 11.8. The first-order valence-electron chi connectivity index (χ1n) is 6.37. The van der Waals surface area contributed by atoms with E-state index in [1.54, 1.807) is 31.2 Å². The van der Waals surface area contributed by atoms with Crippen LogP contribution in [0.25, 0.3) is 0 Å². The molecule has 21 heavy (non-hydrogen) atoms. The van der Waals surface area contributed by atoms with E-state index in [0.717, 1.165) is 0 Å². The second-order valence-electron chi connectivity index (χ2n) is 4.40. The third-order valence-electron chi connectivity index (χ3n) is 3.06. The van der Waals surface area contributed by atoms with E-state index < -0.39 is 15.5 Å². The smallest absolute Gasteiger partial charge is 0.248 e. The number of H-pyrrole nitrogens is 1. The van der Waals surface area contributed by atoms with Gasteiger partial charge in [0.25, 0.3) is 0 Å². The minimum atomic E-state index is -3.87. The van der Waals surface area contributed by atoms with E-state index >= 15 is 0 Å². The summed E-state index contributed by atoms with van der Waals surface area (Å²) in [6, 6.07) is 8.22. The summed E-state index contributed by atoms with van der Waals surface area (Å²) in [7, 11) is -3.87. The fraction of sp³-hybridized carbons (Fsp3) is 0.214. The number of aromatic nitrogens is 1. The number of aromatic amines is 1. The summed E-state index contributed by atoms with van der Waals surface area (Å²) in [5.41, 5.74) is 0.156. The van der Waals surface area contributed by atoms with Gasteiger partial charge < -0.3 is 4.98 Å². The molecule has 0 aliphatic carbocycles. The number of pyridine rings is 1. The standard InChI is InChI=1S/C14H15ClN2O3S/c1-2-17(10-11-5-3-4-6-12(11)15)21(19,20)14-9-16-8-7-13(14)18/h3-9H,2,10H2,1H3,(H,16,18). The van der Waals surface area contributed by atoms with E-state index in [-0.39, 0.29) is 18.0 Å². The van der Waals surface area contributed by atoms with Gasteiger partial charge in [0.1, 0.15) is 4.90 Å². The SMILES string of the molecule is CCN(Cc1ccccc1Cl)S(=O)(=O)c1c[nH]ccc1=O. The second-order valence-corrected chi connectivity index (χ2v) is 6.71. The number of hydrogen-bond acceptors (Lipinski definition) is 3. The van der Waals surface area contributed by atoms with Crippen molar-refractivity contribution in [1.82, 2.24) is 9.29 Å². The van der Waals surface area contributed by atoms with E-state index in [2.05, 4.69) is 4.98 Å². The molecule has 112 valence electrons. The number of nitrogens with one attached hydrogen (secondary N) is 1. The number of hydrogen-bond donors (Lipinski definition) is 1. The highest BCUT2D eigenvalue weighted by molar-refractivity contribution is 7.89. The molecule has 0 spiro atoms. The molecule has 0 amide bonds. The zero-order valence-corrected chi connectivity index (χ0v) is 13.0. The van der Waals surface area contributed by atoms with Crippen molar-refractivity contribution in [1.29, 1.82) is 0 Å². The summed E-state index contributed by atoms with van der Waals surface area (Å²) < 4.78 is 26.3. The van der Waals surface area contributed by atoms with Crippen LogP contribution < -0.4 is 5.43 Å². The Morgan fingerprint density at radius 2 is 1.95 bits per heavy atom. The summed E-state index contributed by atoms with van der Waals surface area (Å²) in [6.07, 6.45) is 2.60. The van der Waals surface area contributed by atoms with Crippen LogP contribution in [0.2, 0.25) is 5.02 Å². The maximum Gasteiger partial charge on any atom is 0.248 e. The highest BCUT2D eigenvalue weighted by Gasteiger charge is 2.26. The van der Waals surface area contributed by atoms with Crippen molar-refractivity contribution in [2.24, 2.45) is 0 Å². The van der Waals surface area contributed by atoms with E-state index in [1.165, 1.54) is 22.8 Å². The van der Waals surface area contributed by atoms with Crippen LogP contribution in [0.15, 0.2) is 52.4 Å². The van der Waals surface area contributed by atoms with Crippen LogP contribution in [0.4, 0.5) is 0 Å². The van der Waals surface area contributed by atoms with Crippen LogP contribution in [0, 0.1) is 0 Å². The van der Waals surface area contributed by atoms with Gasteiger partial charge in [-0.15, -0.1) is 0 Å². The number of rotatable bonds is 5. The average Bonchev–Trinajstić information content (AvgIpc) is 2.46. The first kappa shape index (κ1) is 15.8. The van der Waals surface area contributed by atoms with Gasteiger partial charge in [-0.05, 0) is 11.6 Å². The van der Waals surface area contributed by atoms with Gasteiger partial charge in [0.15, 0.2) is 0 Å². The van der Waals surface area contributed by atoms with Crippen molar-refractivity contribution in [3.8, 4) is 0 Å². The van der Waals surface area contributed by atoms with Crippen LogP contribution in [0.5, 0.6) is 0 Å². The Morgan fingerprint density at radius 3 is 2.57 bits per heavy atom. The first-order valence-corrected chi connectivity index (χ1v) is 8.19. The molecule has 0 aliphatic heterocycles. The molecule has 0 radical (unpaired) electrons. The molecular formula is C14H15ClN2O3S. The van der Waals surface area contributed by atoms with Crippen LogP contribution in [0.3, 0.4) is 0 Å². The molecule has 1 N–H and O–H groups in total. The second kappa shape index (κ2) is 6.43. The van der Waals surface area contributed by atoms with Crippen molar-refractivity contribution in [2.45, 2.75) is 18.4 Å². The summed E-state index contributed by atoms with van der Waals surface area (Å²) in [4.78, 5) is 14.1. The Hall–Kier alpha value is -1.63. The van der Waals surface area contributed by atoms with Crippen LogP contribution in [0.1, 0.15) is 12.5 Å². The number of halogens is 1. The van der Waals surface area contributed by atoms with E-state index in [4.69, 9.17) is 11.6 Å².